The van der Waals surface area contributed by atoms with Crippen LogP contribution in [0.3, 0.4) is 0 Å². The van der Waals surface area contributed by atoms with Crippen molar-refractivity contribution < 1.29 is 23.0 Å². The van der Waals surface area contributed by atoms with Crippen LogP contribution in [0.25, 0.3) is 0 Å². The summed E-state index contributed by atoms with van der Waals surface area (Å²) in [6, 6.07) is 10.2. The molecule has 34 heavy (non-hydrogen) atoms. The maximum atomic E-state index is 12.8. The third kappa shape index (κ3) is 6.46. The maximum absolute atomic E-state index is 12.8. The summed E-state index contributed by atoms with van der Waals surface area (Å²) in [5, 5.41) is 2.63. The van der Waals surface area contributed by atoms with Crippen LogP contribution in [0.5, 0.6) is 0 Å². The Morgan fingerprint density at radius 2 is 1.94 bits per heavy atom. The van der Waals surface area contributed by atoms with Crippen LogP contribution in [0.2, 0.25) is 18.1 Å². The number of nitrogens with zero attached hydrogens (tertiary/aromatic N) is 2. The summed E-state index contributed by atoms with van der Waals surface area (Å²) in [5.74, 6) is -0.193. The average molecular weight is 507 g/mol. The van der Waals surface area contributed by atoms with Gasteiger partial charge in [-0.05, 0) is 40.9 Å². The zero-order valence-electron chi connectivity index (χ0n) is 20.5. The molecule has 1 N–H and O–H groups in total. The first-order valence-corrected chi connectivity index (χ1v) is 15.7. The standard InChI is InChI=1S/C23H32N3O6PSi/c1-23(2,3)34(5,6)32-17-14-20(31-18(17)15-30-33(4)29)26-13-12-19(25-22(26)28)24-21(27)16-10-8-7-9-11-16/h7-13,17-18,20H,14-15H2,1-6H3/p+1/t17-,18+,20+/m0/s1. The summed E-state index contributed by atoms with van der Waals surface area (Å²) in [6.07, 6.45) is 0.580. The van der Waals surface area contributed by atoms with Crippen molar-refractivity contribution in [1.82, 2.24) is 9.55 Å². The number of rotatable bonds is 8. The Hall–Kier alpha value is -2.23. The van der Waals surface area contributed by atoms with Crippen LogP contribution in [0.15, 0.2) is 47.4 Å². The monoisotopic (exact) mass is 506 g/mol. The van der Waals surface area contributed by atoms with Gasteiger partial charge in [0.25, 0.3) is 5.91 Å². The first-order chi connectivity index (χ1) is 15.9. The molecule has 0 saturated carbocycles. The predicted octanol–water partition coefficient (Wildman–Crippen LogP) is 4.56. The number of nitrogens with one attached hydrogen (secondary N) is 1. The molecule has 2 heterocycles. The van der Waals surface area contributed by atoms with Gasteiger partial charge in [-0.25, -0.2) is 4.79 Å². The molecule has 1 aromatic heterocycles. The fourth-order valence-electron chi connectivity index (χ4n) is 3.36. The van der Waals surface area contributed by atoms with Gasteiger partial charge >= 0.3 is 13.7 Å². The van der Waals surface area contributed by atoms with Gasteiger partial charge in [0.05, 0.1) is 6.10 Å². The number of benzene rings is 1. The number of hydrogen-bond donors (Lipinski definition) is 1. The normalized spacial score (nSPS) is 21.4. The van der Waals surface area contributed by atoms with Gasteiger partial charge in [-0.15, -0.1) is 4.52 Å². The third-order valence-electron chi connectivity index (χ3n) is 6.27. The van der Waals surface area contributed by atoms with Crippen molar-refractivity contribution >= 4 is 28.1 Å². The van der Waals surface area contributed by atoms with E-state index in [1.54, 1.807) is 36.5 Å². The van der Waals surface area contributed by atoms with E-state index in [0.717, 1.165) is 0 Å². The van der Waals surface area contributed by atoms with Crippen LogP contribution in [-0.4, -0.2) is 49.3 Å². The number of ether oxygens (including phenoxy) is 1. The van der Waals surface area contributed by atoms with Crippen LogP contribution in [0.4, 0.5) is 5.82 Å². The van der Waals surface area contributed by atoms with Gasteiger partial charge in [-0.1, -0.05) is 39.0 Å². The third-order valence-corrected chi connectivity index (χ3v) is 11.3. The highest BCUT2D eigenvalue weighted by molar-refractivity contribution is 7.38. The van der Waals surface area contributed by atoms with Crippen LogP contribution >= 0.6 is 8.03 Å². The number of hydrogen-bond acceptors (Lipinski definition) is 7. The predicted molar refractivity (Wildman–Crippen MR) is 133 cm³/mol. The first kappa shape index (κ1) is 26.4. The van der Waals surface area contributed by atoms with Crippen molar-refractivity contribution in [3.05, 3.63) is 58.6 Å². The van der Waals surface area contributed by atoms with Gasteiger partial charge in [-0.2, -0.15) is 4.98 Å². The Morgan fingerprint density at radius 3 is 2.53 bits per heavy atom. The van der Waals surface area contributed by atoms with Crippen LogP contribution < -0.4 is 11.0 Å². The quantitative estimate of drug-likeness (QED) is 0.413. The highest BCUT2D eigenvalue weighted by atomic mass is 31.1. The number of amides is 1. The van der Waals surface area contributed by atoms with Crippen LogP contribution in [-0.2, 0) is 18.3 Å². The lowest BCUT2D eigenvalue weighted by Gasteiger charge is -2.39. The molecule has 1 aliphatic rings. The largest absolute Gasteiger partial charge is 0.504 e. The van der Waals surface area contributed by atoms with Crippen molar-refractivity contribution in [2.45, 2.75) is 63.8 Å². The van der Waals surface area contributed by atoms with Crippen LogP contribution in [0.1, 0.15) is 43.8 Å². The molecular weight excluding hydrogens is 473 g/mol. The second kappa shape index (κ2) is 10.6. The van der Waals surface area contributed by atoms with Crippen molar-refractivity contribution in [3.63, 3.8) is 0 Å². The Kier molecular flexibility index (Phi) is 8.20. The molecule has 0 spiro atoms. The summed E-state index contributed by atoms with van der Waals surface area (Å²) >= 11 is 0. The Balaban J connectivity index is 1.77. The van der Waals surface area contributed by atoms with Gasteiger partial charge in [0.15, 0.2) is 15.0 Å². The second-order valence-electron chi connectivity index (χ2n) is 9.84. The second-order valence-corrected chi connectivity index (χ2v) is 15.7. The Labute approximate surface area is 201 Å². The van der Waals surface area contributed by atoms with E-state index in [1.165, 1.54) is 11.2 Å². The number of anilines is 1. The summed E-state index contributed by atoms with van der Waals surface area (Å²) in [5.41, 5.74) is -0.0830. The van der Waals surface area contributed by atoms with E-state index in [1.807, 2.05) is 6.07 Å². The molecule has 1 aliphatic heterocycles. The first-order valence-electron chi connectivity index (χ1n) is 11.2. The Morgan fingerprint density at radius 1 is 1.26 bits per heavy atom. The molecule has 1 aromatic carbocycles. The lowest BCUT2D eigenvalue weighted by Crippen LogP contribution is -2.46. The van der Waals surface area contributed by atoms with E-state index in [0.29, 0.717) is 12.0 Å². The molecule has 4 atom stereocenters. The number of aromatic nitrogens is 2. The Bertz CT molecular complexity index is 1090. The van der Waals surface area contributed by atoms with Crippen molar-refractivity contribution in [2.24, 2.45) is 0 Å². The molecular formula is C23H33N3O6PSi+. The minimum absolute atomic E-state index is 0.0105. The zero-order chi connectivity index (χ0) is 25.1. The minimum Gasteiger partial charge on any atom is -0.411 e. The smallest absolute Gasteiger partial charge is 0.411 e. The molecule has 3 rings (SSSR count). The highest BCUT2D eigenvalue weighted by Crippen LogP contribution is 2.41. The molecule has 1 saturated heterocycles. The van der Waals surface area contributed by atoms with E-state index >= 15 is 0 Å². The van der Waals surface area contributed by atoms with E-state index in [2.05, 4.69) is 44.2 Å². The molecule has 11 heteroatoms. The van der Waals surface area contributed by atoms with Gasteiger partial charge in [-0.3, -0.25) is 9.36 Å². The molecule has 0 bridgehead atoms. The lowest BCUT2D eigenvalue weighted by molar-refractivity contribution is -0.0375. The van der Waals surface area contributed by atoms with E-state index in [-0.39, 0.29) is 29.5 Å². The minimum atomic E-state index is -2.13. The van der Waals surface area contributed by atoms with E-state index in [4.69, 9.17) is 13.7 Å². The summed E-state index contributed by atoms with van der Waals surface area (Å²) in [4.78, 5) is 29.1. The molecule has 2 aromatic rings. The molecule has 184 valence electrons. The number of carbonyl (C=O) groups excluding carboxylic acids is 1. The number of carbonyl (C=O) groups is 1. The van der Waals surface area contributed by atoms with Gasteiger partial charge < -0.3 is 14.5 Å². The fourth-order valence-corrected chi connectivity index (χ4v) is 5.07. The summed E-state index contributed by atoms with van der Waals surface area (Å²) in [7, 11) is -3.92. The van der Waals surface area contributed by atoms with Crippen molar-refractivity contribution in [2.75, 3.05) is 18.6 Å². The molecule has 0 aliphatic carbocycles. The summed E-state index contributed by atoms with van der Waals surface area (Å²) < 4.78 is 30.9. The van der Waals surface area contributed by atoms with E-state index in [9.17, 15) is 14.2 Å². The fraction of sp³-hybridized carbons (Fsp3) is 0.522. The van der Waals surface area contributed by atoms with Crippen molar-refractivity contribution in [1.29, 1.82) is 0 Å². The van der Waals surface area contributed by atoms with Crippen molar-refractivity contribution in [3.8, 4) is 0 Å². The SMILES string of the molecule is C[P+](=O)OC[C@H]1O[C@@H](n2ccc(NC(=O)c3ccccc3)nc2=O)C[C@@H]1O[Si](C)(C)C(C)(C)C. The van der Waals surface area contributed by atoms with Gasteiger partial charge in [0.2, 0.25) is 0 Å². The molecule has 0 radical (unpaired) electrons. The van der Waals surface area contributed by atoms with E-state index < -0.39 is 34.4 Å². The summed E-state index contributed by atoms with van der Waals surface area (Å²) in [6.45, 7) is 12.3. The lowest BCUT2D eigenvalue weighted by atomic mass is 10.2. The molecule has 9 nitrogen and oxygen atoms in total. The topological polar surface area (TPSA) is 109 Å². The molecule has 1 unspecified atom stereocenters. The average Bonchev–Trinajstić information content (AvgIpc) is 3.13. The van der Waals surface area contributed by atoms with Gasteiger partial charge in [0.1, 0.15) is 24.8 Å². The zero-order valence-corrected chi connectivity index (χ0v) is 22.4. The highest BCUT2D eigenvalue weighted by Gasteiger charge is 2.46. The van der Waals surface area contributed by atoms with Gasteiger partial charge in [0, 0.05) is 18.2 Å². The van der Waals surface area contributed by atoms with Crippen LogP contribution in [0, 0.1) is 0 Å². The molecule has 1 fully saturated rings. The molecule has 1 amide bonds. The maximum Gasteiger partial charge on any atom is 0.504 e.